The van der Waals surface area contributed by atoms with Crippen molar-refractivity contribution < 1.29 is 9.59 Å². The molecule has 0 saturated carbocycles. The third-order valence-electron chi connectivity index (χ3n) is 12.7. The number of rotatable bonds is 13. The molecule has 0 bridgehead atoms. The number of carbonyl (C=O) groups excluding carboxylic acids is 2. The molecule has 69 heavy (non-hydrogen) atoms. The number of amides is 2. The van der Waals surface area contributed by atoms with Gasteiger partial charge in [-0.3, -0.25) is 9.59 Å². The van der Waals surface area contributed by atoms with Crippen LogP contribution in [0.2, 0.25) is 10.0 Å². The van der Waals surface area contributed by atoms with E-state index in [2.05, 4.69) is 69.7 Å². The average Bonchev–Trinajstić information content (AvgIpc) is 4.00. The minimum absolute atomic E-state index is 0.114. The summed E-state index contributed by atoms with van der Waals surface area (Å²) >= 11 is 13.3. The number of hydrogen-bond donors (Lipinski definition) is 6. The van der Waals surface area contributed by atoms with Crippen LogP contribution in [0.1, 0.15) is 36.8 Å². The van der Waals surface area contributed by atoms with Gasteiger partial charge in [0.2, 0.25) is 23.7 Å². The normalized spacial score (nSPS) is 16.2. The molecule has 2 aliphatic heterocycles. The summed E-state index contributed by atoms with van der Waals surface area (Å²) in [6.07, 6.45) is 15.7. The summed E-state index contributed by atoms with van der Waals surface area (Å²) < 4.78 is 0. The summed E-state index contributed by atoms with van der Waals surface area (Å²) in [6, 6.07) is 28.3. The molecule has 14 nitrogen and oxygen atoms in total. The van der Waals surface area contributed by atoms with Gasteiger partial charge in [-0.05, 0) is 110 Å². The largest absolute Gasteiger partial charge is 0.369 e. The van der Waals surface area contributed by atoms with Gasteiger partial charge in [-0.15, -0.1) is 0 Å². The second kappa shape index (κ2) is 19.9. The van der Waals surface area contributed by atoms with Gasteiger partial charge in [0, 0.05) is 112 Å². The quantitative estimate of drug-likeness (QED) is 0.0611. The molecular formula is C53H50Cl2N12O2. The van der Waals surface area contributed by atoms with Crippen LogP contribution in [0, 0.1) is 6.92 Å². The van der Waals surface area contributed by atoms with Crippen LogP contribution < -0.4 is 31.1 Å². The first-order valence-corrected chi connectivity index (χ1v) is 23.8. The first-order chi connectivity index (χ1) is 33.6. The van der Waals surface area contributed by atoms with Gasteiger partial charge in [-0.25, -0.2) is 19.9 Å². The molecular weight excluding hydrogens is 908 g/mol. The van der Waals surface area contributed by atoms with Crippen molar-refractivity contribution in [3.63, 3.8) is 0 Å². The molecule has 348 valence electrons. The highest BCUT2D eigenvalue weighted by Gasteiger charge is 2.24. The minimum Gasteiger partial charge on any atom is -0.369 e. The van der Waals surface area contributed by atoms with E-state index in [0.717, 1.165) is 113 Å². The van der Waals surface area contributed by atoms with Crippen LogP contribution in [-0.4, -0.2) is 80.0 Å². The molecule has 0 aliphatic carbocycles. The Morgan fingerprint density at radius 3 is 1.97 bits per heavy atom. The number of para-hydroxylation sites is 1. The number of nitrogens with zero attached hydrogens (tertiary/aromatic N) is 6. The van der Waals surface area contributed by atoms with E-state index in [1.54, 1.807) is 18.5 Å². The Labute approximate surface area is 409 Å². The molecule has 6 heterocycles. The van der Waals surface area contributed by atoms with E-state index in [9.17, 15) is 9.59 Å². The number of aromatic nitrogens is 6. The van der Waals surface area contributed by atoms with E-state index in [1.807, 2.05) is 92.1 Å². The van der Waals surface area contributed by atoms with Gasteiger partial charge in [-0.2, -0.15) is 0 Å². The minimum atomic E-state index is -0.233. The lowest BCUT2D eigenvalue weighted by molar-refractivity contribution is -0.112. The third kappa shape index (κ3) is 10.1. The Kier molecular flexibility index (Phi) is 13.0. The summed E-state index contributed by atoms with van der Waals surface area (Å²) in [6.45, 7) is 8.92. The smallest absolute Gasteiger partial charge is 0.248 e. The van der Waals surface area contributed by atoms with Crippen molar-refractivity contribution in [2.24, 2.45) is 0 Å². The van der Waals surface area contributed by atoms with E-state index in [1.165, 1.54) is 12.2 Å². The van der Waals surface area contributed by atoms with Gasteiger partial charge in [0.05, 0.1) is 33.8 Å². The highest BCUT2D eigenvalue weighted by Crippen LogP contribution is 2.35. The number of aryl methyl sites for hydroxylation is 1. The van der Waals surface area contributed by atoms with Gasteiger partial charge in [0.1, 0.15) is 0 Å². The highest BCUT2D eigenvalue weighted by molar-refractivity contribution is 6.33. The lowest BCUT2D eigenvalue weighted by Gasteiger charge is -2.35. The molecule has 2 saturated heterocycles. The molecule has 2 amide bonds. The van der Waals surface area contributed by atoms with E-state index in [4.69, 9.17) is 33.2 Å². The summed E-state index contributed by atoms with van der Waals surface area (Å²) in [5.74, 6) is 0.582. The number of anilines is 6. The molecule has 2 atom stereocenters. The molecule has 6 N–H and O–H groups in total. The molecule has 10 rings (SSSR count). The van der Waals surface area contributed by atoms with Crippen LogP contribution in [-0.2, 0) is 9.59 Å². The first kappa shape index (κ1) is 45.1. The number of benzene rings is 4. The number of hydrogen-bond acceptors (Lipinski definition) is 10. The van der Waals surface area contributed by atoms with Crippen LogP contribution >= 0.6 is 23.2 Å². The van der Waals surface area contributed by atoms with Crippen molar-refractivity contribution in [2.45, 2.75) is 44.7 Å². The summed E-state index contributed by atoms with van der Waals surface area (Å²) in [5.41, 5.74) is 10.5. The topological polar surface area (TPSA) is 172 Å². The number of halogens is 2. The summed E-state index contributed by atoms with van der Waals surface area (Å²) in [4.78, 5) is 55.0. The van der Waals surface area contributed by atoms with Crippen LogP contribution in [0.25, 0.3) is 50.4 Å². The zero-order valence-corrected chi connectivity index (χ0v) is 39.4. The lowest BCUT2D eigenvalue weighted by atomic mass is 10.0. The Morgan fingerprint density at radius 2 is 1.32 bits per heavy atom. The molecule has 2 fully saturated rings. The Balaban J connectivity index is 0.737. The van der Waals surface area contributed by atoms with E-state index >= 15 is 0 Å². The number of fused-ring (bicyclic) bond motifs is 2. The Bertz CT molecular complexity index is 3240. The molecule has 4 aromatic heterocycles. The second-order valence-corrected chi connectivity index (χ2v) is 18.3. The second-order valence-electron chi connectivity index (χ2n) is 17.5. The molecule has 0 spiro atoms. The number of piperidine rings is 2. The van der Waals surface area contributed by atoms with Crippen LogP contribution in [0.15, 0.2) is 128 Å². The van der Waals surface area contributed by atoms with Gasteiger partial charge >= 0.3 is 0 Å². The maximum absolute atomic E-state index is 13.1. The van der Waals surface area contributed by atoms with Crippen molar-refractivity contribution in [3.8, 4) is 22.5 Å². The van der Waals surface area contributed by atoms with Crippen LogP contribution in [0.4, 0.5) is 34.6 Å². The predicted octanol–water partition coefficient (Wildman–Crippen LogP) is 11.1. The van der Waals surface area contributed by atoms with Crippen LogP contribution in [0.3, 0.4) is 0 Å². The van der Waals surface area contributed by atoms with Gasteiger partial charge in [0.25, 0.3) is 0 Å². The van der Waals surface area contributed by atoms with Gasteiger partial charge in [0.15, 0.2) is 0 Å². The molecule has 8 aromatic rings. The average molecular weight is 958 g/mol. The van der Waals surface area contributed by atoms with Crippen LogP contribution in [0.5, 0.6) is 0 Å². The number of nitrogens with one attached hydrogen (secondary N) is 6. The van der Waals surface area contributed by atoms with E-state index in [0.29, 0.717) is 39.0 Å². The zero-order valence-electron chi connectivity index (χ0n) is 37.9. The zero-order chi connectivity index (χ0) is 47.4. The standard InChI is InChI=1S/C53H50Cl2N12O2/c1-3-48(68)63-45-20-18-38(24-32(45)2)67-23-7-9-36(31-67)62-53-59-29-44(55)51(65-53)42-27-57-47-25-33(12-19-40(42)47)13-21-49(69)60-34-14-16-37(17-15-34)66-22-6-8-35(30-66)61-52-58-28-43(54)50(64-52)41-26-56-46-11-5-4-10-39(41)46/h3-5,10-21,24-29,35-36,56-57H,1,6-9,22-23,30-31H2,2H3,(H,60,69)(H,63,68)(H,58,61,64)(H,59,62,65)/b21-13-/t35-,36-/m1/s1. The van der Waals surface area contributed by atoms with E-state index in [-0.39, 0.29) is 23.9 Å². The highest BCUT2D eigenvalue weighted by atomic mass is 35.5. The maximum atomic E-state index is 13.1. The van der Waals surface area contributed by atoms with Gasteiger partial charge < -0.3 is 41.0 Å². The fourth-order valence-electron chi connectivity index (χ4n) is 9.27. The fraction of sp³-hybridized carbons (Fsp3) is 0.208. The van der Waals surface area contributed by atoms with Crippen molar-refractivity contribution in [3.05, 3.63) is 150 Å². The Hall–Kier alpha value is -7.68. The van der Waals surface area contributed by atoms with E-state index < -0.39 is 0 Å². The molecule has 2 aliphatic rings. The third-order valence-corrected chi connectivity index (χ3v) is 13.3. The van der Waals surface area contributed by atoms with Crippen molar-refractivity contribution in [1.82, 2.24) is 29.9 Å². The lowest BCUT2D eigenvalue weighted by Crippen LogP contribution is -2.42. The van der Waals surface area contributed by atoms with Crippen molar-refractivity contribution >= 4 is 97.5 Å². The SMILES string of the molecule is C=CC(=O)Nc1ccc(N2CCC[C@@H](Nc3ncc(Cl)c(-c4c[nH]c5cc(/C=C\C(=O)Nc6ccc(N7CCC[C@@H](Nc8ncc(Cl)c(-c9c[nH]c%10ccccc9%10)n8)C7)cc6)ccc45)n3)C2)cc1C. The fourth-order valence-corrected chi connectivity index (χ4v) is 9.65. The monoisotopic (exact) mass is 956 g/mol. The summed E-state index contributed by atoms with van der Waals surface area (Å²) in [7, 11) is 0. The first-order valence-electron chi connectivity index (χ1n) is 23.0. The van der Waals surface area contributed by atoms with Crippen molar-refractivity contribution in [1.29, 1.82) is 0 Å². The number of H-pyrrole nitrogens is 2. The number of carbonyl (C=O) groups is 2. The molecule has 0 unspecified atom stereocenters. The number of aromatic amines is 2. The Morgan fingerprint density at radius 1 is 0.710 bits per heavy atom. The van der Waals surface area contributed by atoms with Gasteiger partial charge in [-0.1, -0.05) is 60.1 Å². The predicted molar refractivity (Wildman–Crippen MR) is 280 cm³/mol. The molecule has 4 aromatic carbocycles. The maximum Gasteiger partial charge on any atom is 0.248 e. The summed E-state index contributed by atoms with van der Waals surface area (Å²) in [5, 5.41) is 15.9. The molecule has 0 radical (unpaired) electrons. The molecule has 16 heteroatoms. The van der Waals surface area contributed by atoms with Crippen molar-refractivity contribution in [2.75, 3.05) is 57.2 Å².